The lowest BCUT2D eigenvalue weighted by molar-refractivity contribution is -0.318. The highest BCUT2D eigenvalue weighted by molar-refractivity contribution is 5.89. The smallest absolute Gasteiger partial charge is 0.338 e. The lowest BCUT2D eigenvalue weighted by atomic mass is 9.42. The summed E-state index contributed by atoms with van der Waals surface area (Å²) >= 11 is 0. The number of ether oxygens (including phenoxy) is 4. The average molecular weight is 590 g/mol. The zero-order valence-electron chi connectivity index (χ0n) is 24.5. The van der Waals surface area contributed by atoms with Crippen molar-refractivity contribution < 1.29 is 49.3 Å². The summed E-state index contributed by atoms with van der Waals surface area (Å²) in [7, 11) is 4.80. The van der Waals surface area contributed by atoms with Gasteiger partial charge in [0.1, 0.15) is 29.5 Å². The molecule has 0 radical (unpaired) electrons. The van der Waals surface area contributed by atoms with Gasteiger partial charge in [0, 0.05) is 68.9 Å². The molecule has 1 heterocycles. The van der Waals surface area contributed by atoms with Crippen molar-refractivity contribution in [2.24, 2.45) is 34.5 Å². The van der Waals surface area contributed by atoms with Crippen molar-refractivity contribution in [1.29, 1.82) is 0 Å². The Morgan fingerprint density at radius 1 is 1.02 bits per heavy atom. The summed E-state index contributed by atoms with van der Waals surface area (Å²) in [4.78, 5) is 15.7. The second kappa shape index (κ2) is 9.42. The lowest BCUT2D eigenvalue weighted by Crippen LogP contribution is -2.81. The monoisotopic (exact) mass is 589 g/mol. The first-order valence-corrected chi connectivity index (χ1v) is 15.1. The van der Waals surface area contributed by atoms with E-state index in [0.717, 1.165) is 0 Å². The van der Waals surface area contributed by atoms with Gasteiger partial charge in [0.05, 0.1) is 30.5 Å². The highest BCUT2D eigenvalue weighted by atomic mass is 16.6. The van der Waals surface area contributed by atoms with E-state index in [1.165, 1.54) is 0 Å². The first kappa shape index (κ1) is 29.1. The van der Waals surface area contributed by atoms with Gasteiger partial charge in [0.2, 0.25) is 0 Å². The molecule has 11 nitrogen and oxygen atoms in total. The van der Waals surface area contributed by atoms with Gasteiger partial charge >= 0.3 is 5.97 Å². The van der Waals surface area contributed by atoms with E-state index in [-0.39, 0.29) is 30.6 Å². The molecule has 1 aliphatic heterocycles. The lowest BCUT2D eigenvalue weighted by Gasteiger charge is -2.70. The summed E-state index contributed by atoms with van der Waals surface area (Å²) in [6.07, 6.45) is -6.48. The molecule has 7 rings (SSSR count). The van der Waals surface area contributed by atoms with Crippen LogP contribution in [0.5, 0.6) is 0 Å². The number of piperidine rings is 1. The third kappa shape index (κ3) is 3.05. The Balaban J connectivity index is 1.47. The van der Waals surface area contributed by atoms with Crippen molar-refractivity contribution in [1.82, 2.24) is 4.90 Å². The molecule has 1 spiro atoms. The zero-order valence-corrected chi connectivity index (χ0v) is 24.5. The van der Waals surface area contributed by atoms with Crippen molar-refractivity contribution in [2.45, 2.75) is 73.6 Å². The van der Waals surface area contributed by atoms with E-state index in [0.29, 0.717) is 19.5 Å². The minimum absolute atomic E-state index is 0.0301. The molecule has 5 aliphatic carbocycles. The number of hydrogen-bond acceptors (Lipinski definition) is 11. The molecule has 15 atom stereocenters. The molecule has 42 heavy (non-hydrogen) atoms. The fourth-order valence-electron chi connectivity index (χ4n) is 11.6. The predicted molar refractivity (Wildman–Crippen MR) is 146 cm³/mol. The number of likely N-dealkylation sites (tertiary alicyclic amines) is 1. The maximum Gasteiger partial charge on any atom is 0.338 e. The van der Waals surface area contributed by atoms with Gasteiger partial charge in [0.15, 0.2) is 0 Å². The number of methoxy groups -OCH3 is 3. The van der Waals surface area contributed by atoms with Gasteiger partial charge in [-0.1, -0.05) is 25.1 Å². The topological polar surface area (TPSA) is 158 Å². The van der Waals surface area contributed by atoms with E-state index >= 15 is 0 Å². The molecule has 1 aromatic rings. The summed E-state index contributed by atoms with van der Waals surface area (Å²) in [5, 5.41) is 60.4. The maximum atomic E-state index is 13.4. The fourth-order valence-corrected chi connectivity index (χ4v) is 11.6. The zero-order chi connectivity index (χ0) is 30.0. The predicted octanol–water partition coefficient (Wildman–Crippen LogP) is -0.577. The number of aliphatic hydroxyl groups excluding tert-OH is 3. The van der Waals surface area contributed by atoms with Crippen LogP contribution in [0.4, 0.5) is 0 Å². The maximum absolute atomic E-state index is 13.4. The number of esters is 1. The highest BCUT2D eigenvalue weighted by Crippen LogP contribution is 2.80. The third-order valence-corrected chi connectivity index (χ3v) is 12.7. The quantitative estimate of drug-likeness (QED) is 0.259. The molecule has 6 fully saturated rings. The Hall–Kier alpha value is -1.67. The Bertz CT molecular complexity index is 1240. The second-order valence-electron chi connectivity index (χ2n) is 13.7. The highest BCUT2D eigenvalue weighted by Gasteiger charge is 2.91. The van der Waals surface area contributed by atoms with Crippen LogP contribution in [0, 0.1) is 34.5 Å². The summed E-state index contributed by atoms with van der Waals surface area (Å²) in [5.41, 5.74) is -5.30. The minimum Gasteiger partial charge on any atom is -0.455 e. The molecule has 232 valence electrons. The van der Waals surface area contributed by atoms with Crippen LogP contribution < -0.4 is 0 Å². The van der Waals surface area contributed by atoms with Crippen LogP contribution >= 0.6 is 0 Å². The van der Waals surface area contributed by atoms with Gasteiger partial charge in [-0.15, -0.1) is 0 Å². The van der Waals surface area contributed by atoms with Crippen molar-refractivity contribution in [3.8, 4) is 0 Å². The molecule has 15 unspecified atom stereocenters. The first-order chi connectivity index (χ1) is 20.0. The van der Waals surface area contributed by atoms with E-state index in [2.05, 4.69) is 4.90 Å². The van der Waals surface area contributed by atoms with E-state index in [9.17, 15) is 30.3 Å². The summed E-state index contributed by atoms with van der Waals surface area (Å²) in [6.45, 7) is 3.34. The van der Waals surface area contributed by atoms with Crippen molar-refractivity contribution >= 4 is 5.97 Å². The van der Waals surface area contributed by atoms with E-state index < -0.39 is 82.4 Å². The Morgan fingerprint density at radius 3 is 2.36 bits per heavy atom. The summed E-state index contributed by atoms with van der Waals surface area (Å²) in [6, 6.07) is 8.03. The van der Waals surface area contributed by atoms with Crippen LogP contribution in [0.2, 0.25) is 0 Å². The van der Waals surface area contributed by atoms with Crippen LogP contribution in [0.15, 0.2) is 30.3 Å². The fraction of sp³-hybridized carbons (Fsp3) is 0.774. The van der Waals surface area contributed by atoms with E-state index in [1.807, 2.05) is 6.92 Å². The molecular formula is C31H43NO10. The van der Waals surface area contributed by atoms with Crippen LogP contribution in [-0.4, -0.2) is 131 Å². The Kier molecular flexibility index (Phi) is 6.52. The number of carbonyl (C=O) groups is 1. The van der Waals surface area contributed by atoms with Crippen molar-refractivity contribution in [3.63, 3.8) is 0 Å². The second-order valence-corrected chi connectivity index (χ2v) is 13.7. The average Bonchev–Trinajstić information content (AvgIpc) is 3.38. The van der Waals surface area contributed by atoms with Crippen LogP contribution in [-0.2, 0) is 18.9 Å². The standard InChI is InChI=1S/C31H43NO10/c1-5-32-13-28(14-39-2)17(33)11-18(40-3)30-16-12-29(37)24(34)25(35)31(38,20(23(30)32)21(41-4)22(28)30)19(16)26(29)42-27(36)15-9-7-6-8-10-15/h6-10,16-26,33-35,37-38H,5,11-14H2,1-4H3. The number of nitrogens with zero attached hydrogens (tertiary/aromatic N) is 1. The van der Waals surface area contributed by atoms with E-state index in [1.54, 1.807) is 51.7 Å². The molecule has 0 amide bonds. The molecule has 6 aliphatic rings. The first-order valence-electron chi connectivity index (χ1n) is 15.1. The largest absolute Gasteiger partial charge is 0.455 e. The van der Waals surface area contributed by atoms with Crippen LogP contribution in [0.25, 0.3) is 0 Å². The molecule has 5 saturated carbocycles. The molecule has 1 saturated heterocycles. The minimum atomic E-state index is -2.02. The molecule has 11 heteroatoms. The van der Waals surface area contributed by atoms with Crippen molar-refractivity contribution in [3.05, 3.63) is 35.9 Å². The molecular weight excluding hydrogens is 546 g/mol. The molecule has 5 N–H and O–H groups in total. The molecule has 0 aromatic heterocycles. The number of hydrogen-bond donors (Lipinski definition) is 5. The van der Waals surface area contributed by atoms with Gasteiger partial charge in [-0.3, -0.25) is 4.90 Å². The van der Waals surface area contributed by atoms with Gasteiger partial charge in [-0.05, 0) is 31.0 Å². The van der Waals surface area contributed by atoms with E-state index in [4.69, 9.17) is 18.9 Å². The van der Waals surface area contributed by atoms with Crippen LogP contribution in [0.1, 0.15) is 30.1 Å². The summed E-state index contributed by atoms with van der Waals surface area (Å²) < 4.78 is 24.4. The van der Waals surface area contributed by atoms with Crippen molar-refractivity contribution in [2.75, 3.05) is 41.0 Å². The van der Waals surface area contributed by atoms with Crippen LogP contribution in [0.3, 0.4) is 0 Å². The SMILES string of the molecule is CCN1CC2(COC)C(O)CC(OC)C34C5CC6(O)C(O)C(O)C(O)(C5C6OC(=O)c5ccccc5)C(C(OC)C23)C14. The molecule has 1 aromatic carbocycles. The van der Waals surface area contributed by atoms with Gasteiger partial charge in [-0.25, -0.2) is 4.79 Å². The number of benzene rings is 1. The number of aliphatic hydroxyl groups is 5. The van der Waals surface area contributed by atoms with Gasteiger partial charge in [0.25, 0.3) is 0 Å². The third-order valence-electron chi connectivity index (χ3n) is 12.7. The van der Waals surface area contributed by atoms with Gasteiger partial charge < -0.3 is 44.5 Å². The number of carbonyl (C=O) groups excluding carboxylic acids is 1. The molecule has 7 bridgehead atoms. The van der Waals surface area contributed by atoms with Gasteiger partial charge in [-0.2, -0.15) is 0 Å². The number of rotatable bonds is 7. The summed E-state index contributed by atoms with van der Waals surface area (Å²) in [5.74, 6) is -3.29. The number of fused-ring (bicyclic) bond motifs is 2. The Labute approximate surface area is 245 Å². The normalized spacial score (nSPS) is 53.7. The Morgan fingerprint density at radius 2 is 1.74 bits per heavy atom.